The Labute approximate surface area is 114 Å². The van der Waals surface area contributed by atoms with Crippen LogP contribution >= 0.6 is 27.3 Å². The number of thiazole rings is 1. The van der Waals surface area contributed by atoms with Gasteiger partial charge in [0.1, 0.15) is 0 Å². The van der Waals surface area contributed by atoms with Crippen molar-refractivity contribution in [3.05, 3.63) is 44.3 Å². The third-order valence-corrected chi connectivity index (χ3v) is 4.56. The summed E-state index contributed by atoms with van der Waals surface area (Å²) in [5, 5.41) is 4.62. The topological polar surface area (TPSA) is 24.9 Å². The number of benzene rings is 1. The summed E-state index contributed by atoms with van der Waals surface area (Å²) in [5.41, 5.74) is 2.39. The number of hydrogen-bond donors (Lipinski definition) is 1. The molecule has 1 aromatic carbocycles. The van der Waals surface area contributed by atoms with E-state index in [4.69, 9.17) is 0 Å². The van der Waals surface area contributed by atoms with E-state index in [0.717, 1.165) is 23.1 Å². The lowest BCUT2D eigenvalue weighted by Gasteiger charge is -2.06. The minimum Gasteiger partial charge on any atom is -0.380 e. The first-order valence-electron chi connectivity index (χ1n) is 5.62. The van der Waals surface area contributed by atoms with Crippen molar-refractivity contribution in [3.63, 3.8) is 0 Å². The second-order valence-corrected chi connectivity index (χ2v) is 5.95. The Hall–Kier alpha value is -0.870. The van der Waals surface area contributed by atoms with Crippen molar-refractivity contribution in [2.75, 3.05) is 5.32 Å². The number of aryl methyl sites for hydroxylation is 2. The van der Waals surface area contributed by atoms with Crippen molar-refractivity contribution < 1.29 is 0 Å². The first kappa shape index (κ1) is 12.6. The average molecular weight is 311 g/mol. The van der Waals surface area contributed by atoms with Crippen LogP contribution in [0.5, 0.6) is 0 Å². The van der Waals surface area contributed by atoms with Crippen LogP contribution < -0.4 is 5.32 Å². The van der Waals surface area contributed by atoms with Gasteiger partial charge >= 0.3 is 0 Å². The standard InChI is InChI=1S/C13H15BrN2S/c1-3-13-16-8-11(17-13)7-15-10-4-5-12(14)9(2)6-10/h4-6,8,15H,3,7H2,1-2H3. The third-order valence-electron chi connectivity index (χ3n) is 2.53. The fourth-order valence-electron chi connectivity index (χ4n) is 1.54. The van der Waals surface area contributed by atoms with E-state index in [-0.39, 0.29) is 0 Å². The van der Waals surface area contributed by atoms with Gasteiger partial charge in [0.05, 0.1) is 11.6 Å². The highest BCUT2D eigenvalue weighted by Crippen LogP contribution is 2.21. The van der Waals surface area contributed by atoms with Crippen molar-refractivity contribution >= 4 is 33.0 Å². The maximum Gasteiger partial charge on any atom is 0.0925 e. The van der Waals surface area contributed by atoms with E-state index in [1.54, 1.807) is 11.3 Å². The van der Waals surface area contributed by atoms with Gasteiger partial charge in [0.2, 0.25) is 0 Å². The Balaban J connectivity index is 1.99. The van der Waals surface area contributed by atoms with E-state index < -0.39 is 0 Å². The van der Waals surface area contributed by atoms with Crippen LogP contribution in [0.1, 0.15) is 22.4 Å². The van der Waals surface area contributed by atoms with Crippen LogP contribution in [0, 0.1) is 6.92 Å². The van der Waals surface area contributed by atoms with Gasteiger partial charge in [-0.2, -0.15) is 0 Å². The summed E-state index contributed by atoms with van der Waals surface area (Å²) in [6.07, 6.45) is 2.98. The SMILES string of the molecule is CCc1ncc(CNc2ccc(Br)c(C)c2)s1. The predicted octanol–water partition coefficient (Wildman–Crippen LogP) is 4.39. The monoisotopic (exact) mass is 310 g/mol. The van der Waals surface area contributed by atoms with Gasteiger partial charge in [-0.25, -0.2) is 4.98 Å². The Morgan fingerprint density at radius 3 is 2.88 bits per heavy atom. The van der Waals surface area contributed by atoms with E-state index in [1.807, 2.05) is 6.20 Å². The zero-order valence-corrected chi connectivity index (χ0v) is 12.4. The van der Waals surface area contributed by atoms with Crippen LogP contribution in [0.3, 0.4) is 0 Å². The molecule has 0 aliphatic carbocycles. The molecule has 0 spiro atoms. The summed E-state index contributed by atoms with van der Waals surface area (Å²) in [5.74, 6) is 0. The van der Waals surface area contributed by atoms with Crippen molar-refractivity contribution in [1.29, 1.82) is 0 Å². The number of halogens is 1. The van der Waals surface area contributed by atoms with Crippen LogP contribution in [0.25, 0.3) is 0 Å². The molecule has 2 nitrogen and oxygen atoms in total. The fourth-order valence-corrected chi connectivity index (χ4v) is 2.59. The molecule has 1 N–H and O–H groups in total. The molecule has 90 valence electrons. The first-order chi connectivity index (χ1) is 8.19. The number of anilines is 1. The molecule has 0 unspecified atom stereocenters. The summed E-state index contributed by atoms with van der Waals surface area (Å²) in [6, 6.07) is 6.30. The smallest absolute Gasteiger partial charge is 0.0925 e. The van der Waals surface area contributed by atoms with Gasteiger partial charge in [-0.1, -0.05) is 22.9 Å². The van der Waals surface area contributed by atoms with Gasteiger partial charge in [0, 0.05) is 21.2 Å². The molecule has 1 heterocycles. The highest BCUT2D eigenvalue weighted by molar-refractivity contribution is 9.10. The molecular formula is C13H15BrN2S. The van der Waals surface area contributed by atoms with E-state index >= 15 is 0 Å². The van der Waals surface area contributed by atoms with Gasteiger partial charge < -0.3 is 5.32 Å². The number of aromatic nitrogens is 1. The Morgan fingerprint density at radius 1 is 1.41 bits per heavy atom. The van der Waals surface area contributed by atoms with E-state index in [0.29, 0.717) is 0 Å². The van der Waals surface area contributed by atoms with Crippen LogP contribution in [-0.4, -0.2) is 4.98 Å². The van der Waals surface area contributed by atoms with Crippen LogP contribution in [0.4, 0.5) is 5.69 Å². The third kappa shape index (κ3) is 3.30. The minimum absolute atomic E-state index is 0.846. The van der Waals surface area contributed by atoms with Gasteiger partial charge in [-0.3, -0.25) is 0 Å². The molecule has 0 saturated heterocycles. The zero-order valence-electron chi connectivity index (χ0n) is 9.96. The summed E-state index contributed by atoms with van der Waals surface area (Å²) in [4.78, 5) is 5.63. The van der Waals surface area contributed by atoms with E-state index in [1.165, 1.54) is 15.4 Å². The Morgan fingerprint density at radius 2 is 2.24 bits per heavy atom. The molecule has 17 heavy (non-hydrogen) atoms. The molecule has 0 saturated carbocycles. The summed E-state index contributed by atoms with van der Waals surface area (Å²) in [7, 11) is 0. The lowest BCUT2D eigenvalue weighted by molar-refractivity contribution is 1.09. The Kier molecular flexibility index (Phi) is 4.18. The van der Waals surface area contributed by atoms with Gasteiger partial charge in [0.25, 0.3) is 0 Å². The normalized spacial score (nSPS) is 10.5. The molecule has 1 aromatic heterocycles. The zero-order chi connectivity index (χ0) is 12.3. The molecule has 0 aliphatic rings. The van der Waals surface area contributed by atoms with Crippen molar-refractivity contribution in [2.24, 2.45) is 0 Å². The van der Waals surface area contributed by atoms with Crippen molar-refractivity contribution in [3.8, 4) is 0 Å². The number of rotatable bonds is 4. The van der Waals surface area contributed by atoms with Crippen molar-refractivity contribution in [2.45, 2.75) is 26.8 Å². The summed E-state index contributed by atoms with van der Waals surface area (Å²) in [6.45, 7) is 5.07. The van der Waals surface area contributed by atoms with Gasteiger partial charge in [0.15, 0.2) is 0 Å². The van der Waals surface area contributed by atoms with E-state index in [2.05, 4.69) is 58.3 Å². The molecule has 0 amide bonds. The molecule has 0 bridgehead atoms. The molecule has 0 fully saturated rings. The van der Waals surface area contributed by atoms with Crippen molar-refractivity contribution in [1.82, 2.24) is 4.98 Å². The Bertz CT molecular complexity index is 508. The molecule has 0 radical (unpaired) electrons. The molecule has 0 atom stereocenters. The first-order valence-corrected chi connectivity index (χ1v) is 7.23. The van der Waals surface area contributed by atoms with E-state index in [9.17, 15) is 0 Å². The number of nitrogens with one attached hydrogen (secondary N) is 1. The number of nitrogens with zero attached hydrogens (tertiary/aromatic N) is 1. The highest BCUT2D eigenvalue weighted by atomic mass is 79.9. The molecule has 0 aliphatic heterocycles. The maximum atomic E-state index is 4.35. The maximum absolute atomic E-state index is 4.35. The van der Waals surface area contributed by atoms with Gasteiger partial charge in [-0.05, 0) is 37.1 Å². The lowest BCUT2D eigenvalue weighted by Crippen LogP contribution is -1.97. The summed E-state index contributed by atoms with van der Waals surface area (Å²) < 4.78 is 1.15. The second kappa shape index (κ2) is 5.65. The molecule has 2 aromatic rings. The van der Waals surface area contributed by atoms with Crippen LogP contribution in [0.2, 0.25) is 0 Å². The van der Waals surface area contributed by atoms with Gasteiger partial charge in [-0.15, -0.1) is 11.3 Å². The molecule has 4 heteroatoms. The quantitative estimate of drug-likeness (QED) is 0.906. The molecule has 2 rings (SSSR count). The fraction of sp³-hybridized carbons (Fsp3) is 0.308. The molecular weight excluding hydrogens is 296 g/mol. The van der Waals surface area contributed by atoms with Crippen LogP contribution in [0.15, 0.2) is 28.9 Å². The largest absolute Gasteiger partial charge is 0.380 e. The number of hydrogen-bond acceptors (Lipinski definition) is 3. The second-order valence-electron chi connectivity index (χ2n) is 3.89. The predicted molar refractivity (Wildman–Crippen MR) is 77.7 cm³/mol. The minimum atomic E-state index is 0.846. The lowest BCUT2D eigenvalue weighted by atomic mass is 10.2. The average Bonchev–Trinajstić information content (AvgIpc) is 2.79. The highest BCUT2D eigenvalue weighted by Gasteiger charge is 2.01. The van der Waals surface area contributed by atoms with Crippen LogP contribution in [-0.2, 0) is 13.0 Å². The summed E-state index contributed by atoms with van der Waals surface area (Å²) >= 11 is 5.28.